The molecule has 0 aliphatic carbocycles. The van der Waals surface area contributed by atoms with Crippen molar-refractivity contribution in [3.8, 4) is 17.0 Å². The third-order valence-corrected chi connectivity index (χ3v) is 4.71. The van der Waals surface area contributed by atoms with Gasteiger partial charge in [-0.2, -0.15) is 0 Å². The minimum atomic E-state index is -0.661. The summed E-state index contributed by atoms with van der Waals surface area (Å²) in [6, 6.07) is 17.9. The van der Waals surface area contributed by atoms with Gasteiger partial charge in [0.25, 0.3) is 5.91 Å². The number of aromatic nitrogens is 1. The number of carbonyl (C=O) groups is 2. The first-order valence-corrected chi connectivity index (χ1v) is 8.94. The van der Waals surface area contributed by atoms with Crippen molar-refractivity contribution in [2.75, 3.05) is 12.4 Å². The van der Waals surface area contributed by atoms with Gasteiger partial charge in [0, 0.05) is 18.2 Å². The lowest BCUT2D eigenvalue weighted by molar-refractivity contribution is -0.117. The van der Waals surface area contributed by atoms with Crippen molar-refractivity contribution in [1.82, 2.24) is 10.3 Å². The van der Waals surface area contributed by atoms with Crippen LogP contribution in [0.1, 0.15) is 15.9 Å². The van der Waals surface area contributed by atoms with Gasteiger partial charge in [-0.15, -0.1) is 0 Å². The molecule has 0 spiro atoms. The zero-order valence-corrected chi connectivity index (χ0v) is 15.3. The van der Waals surface area contributed by atoms with Crippen LogP contribution in [-0.2, 0) is 11.2 Å². The Hall–Kier alpha value is -3.67. The van der Waals surface area contributed by atoms with E-state index in [2.05, 4.69) is 15.6 Å². The highest BCUT2D eigenvalue weighted by Gasteiger charge is 2.28. The summed E-state index contributed by atoms with van der Waals surface area (Å²) in [7, 11) is 1.53. The van der Waals surface area contributed by atoms with E-state index in [1.165, 1.54) is 7.11 Å². The highest BCUT2D eigenvalue weighted by atomic mass is 16.5. The first-order chi connectivity index (χ1) is 13.6. The predicted molar refractivity (Wildman–Crippen MR) is 106 cm³/mol. The van der Waals surface area contributed by atoms with Crippen LogP contribution in [0.5, 0.6) is 5.75 Å². The second kappa shape index (κ2) is 7.52. The summed E-state index contributed by atoms with van der Waals surface area (Å²) >= 11 is 0. The average Bonchev–Trinajstić information content (AvgIpc) is 2.85. The van der Waals surface area contributed by atoms with E-state index in [9.17, 15) is 9.59 Å². The van der Waals surface area contributed by atoms with Crippen molar-refractivity contribution in [1.29, 1.82) is 0 Å². The number of hydrogen-bond donors (Lipinski definition) is 2. The first-order valence-electron chi connectivity index (χ1n) is 8.94. The number of pyridine rings is 1. The van der Waals surface area contributed by atoms with E-state index in [4.69, 9.17) is 4.74 Å². The largest absolute Gasteiger partial charge is 0.497 e. The second-order valence-electron chi connectivity index (χ2n) is 6.54. The number of methoxy groups -OCH3 is 1. The number of hydrogen-bond acceptors (Lipinski definition) is 4. The normalized spacial score (nSPS) is 15.8. The molecule has 0 saturated carbocycles. The third-order valence-electron chi connectivity index (χ3n) is 4.71. The highest BCUT2D eigenvalue weighted by Crippen LogP contribution is 2.25. The molecule has 1 unspecified atom stereocenters. The molecule has 3 aromatic rings. The van der Waals surface area contributed by atoms with Gasteiger partial charge in [-0.25, -0.2) is 0 Å². The zero-order chi connectivity index (χ0) is 19.5. The van der Waals surface area contributed by atoms with E-state index in [1.807, 2.05) is 42.5 Å². The standard InChI is InChI=1S/C22H19N3O3/c1-28-16-9-10-19-17(13-16)21(26)25-20(22(27)24-19)12-14-5-7-15(8-6-14)18-4-2-3-11-23-18/h2-11,13,20H,12H2,1H3,(H,24,27)(H,25,26). The number of nitrogens with zero attached hydrogens (tertiary/aromatic N) is 1. The fraction of sp³-hybridized carbons (Fsp3) is 0.136. The van der Waals surface area contributed by atoms with E-state index >= 15 is 0 Å². The Labute approximate surface area is 162 Å². The highest BCUT2D eigenvalue weighted by molar-refractivity contribution is 6.10. The molecule has 2 N–H and O–H groups in total. The van der Waals surface area contributed by atoms with Crippen molar-refractivity contribution >= 4 is 17.5 Å². The predicted octanol–water partition coefficient (Wildman–Crippen LogP) is 3.05. The molecule has 1 atom stereocenters. The Kier molecular flexibility index (Phi) is 4.76. The quantitative estimate of drug-likeness (QED) is 0.737. The average molecular weight is 373 g/mol. The van der Waals surface area contributed by atoms with Crippen LogP contribution < -0.4 is 15.4 Å². The molecule has 0 radical (unpaired) electrons. The fourth-order valence-corrected chi connectivity index (χ4v) is 3.19. The van der Waals surface area contributed by atoms with Crippen molar-refractivity contribution < 1.29 is 14.3 Å². The van der Waals surface area contributed by atoms with Gasteiger partial charge >= 0.3 is 0 Å². The lowest BCUT2D eigenvalue weighted by atomic mass is 10.0. The Balaban J connectivity index is 1.52. The maximum absolute atomic E-state index is 12.6. The van der Waals surface area contributed by atoms with Crippen LogP contribution in [0, 0.1) is 0 Å². The molecule has 1 aliphatic rings. The van der Waals surface area contributed by atoms with Gasteiger partial charge in [-0.3, -0.25) is 14.6 Å². The molecule has 4 rings (SSSR count). The number of nitrogens with one attached hydrogen (secondary N) is 2. The van der Waals surface area contributed by atoms with Gasteiger partial charge in [0.15, 0.2) is 0 Å². The van der Waals surface area contributed by atoms with Crippen LogP contribution in [0.25, 0.3) is 11.3 Å². The van der Waals surface area contributed by atoms with E-state index < -0.39 is 6.04 Å². The summed E-state index contributed by atoms with van der Waals surface area (Å²) in [5.41, 5.74) is 3.71. The maximum Gasteiger partial charge on any atom is 0.254 e. The number of carbonyl (C=O) groups excluding carboxylic acids is 2. The monoisotopic (exact) mass is 373 g/mol. The van der Waals surface area contributed by atoms with E-state index in [1.54, 1.807) is 24.4 Å². The molecule has 2 aromatic carbocycles. The summed E-state index contributed by atoms with van der Waals surface area (Å²) in [6.45, 7) is 0. The van der Waals surface area contributed by atoms with Gasteiger partial charge in [0.2, 0.25) is 5.91 Å². The number of ether oxygens (including phenoxy) is 1. The SMILES string of the molecule is COc1ccc2c(c1)C(=O)NC(Cc1ccc(-c3ccccn3)cc1)C(=O)N2. The summed E-state index contributed by atoms with van der Waals surface area (Å²) in [5, 5.41) is 5.64. The Morgan fingerprint density at radius 1 is 1.04 bits per heavy atom. The van der Waals surface area contributed by atoms with Crippen molar-refractivity contribution in [3.05, 3.63) is 78.0 Å². The van der Waals surface area contributed by atoms with Gasteiger partial charge in [-0.05, 0) is 35.9 Å². The van der Waals surface area contributed by atoms with E-state index in [0.717, 1.165) is 16.8 Å². The summed E-state index contributed by atoms with van der Waals surface area (Å²) in [5.74, 6) is 0.0140. The molecule has 0 saturated heterocycles. The second-order valence-corrected chi connectivity index (χ2v) is 6.54. The topological polar surface area (TPSA) is 80.3 Å². The van der Waals surface area contributed by atoms with Crippen LogP contribution >= 0.6 is 0 Å². The lowest BCUT2D eigenvalue weighted by Gasteiger charge is -2.15. The molecule has 1 aromatic heterocycles. The third kappa shape index (κ3) is 3.57. The zero-order valence-electron chi connectivity index (χ0n) is 15.3. The van der Waals surface area contributed by atoms with Gasteiger partial charge < -0.3 is 15.4 Å². The molecule has 2 amide bonds. The Bertz CT molecular complexity index is 1020. The summed E-state index contributed by atoms with van der Waals surface area (Å²) in [6.07, 6.45) is 2.15. The minimum Gasteiger partial charge on any atom is -0.497 e. The molecule has 28 heavy (non-hydrogen) atoms. The molecule has 2 heterocycles. The molecule has 0 fully saturated rings. The van der Waals surface area contributed by atoms with Crippen LogP contribution in [0.2, 0.25) is 0 Å². The molecular formula is C22H19N3O3. The maximum atomic E-state index is 12.6. The van der Waals surface area contributed by atoms with Gasteiger partial charge in [0.05, 0.1) is 24.1 Å². The molecule has 6 nitrogen and oxygen atoms in total. The van der Waals surface area contributed by atoms with Crippen molar-refractivity contribution in [2.45, 2.75) is 12.5 Å². The summed E-state index contributed by atoms with van der Waals surface area (Å²) in [4.78, 5) is 29.5. The van der Waals surface area contributed by atoms with Crippen LogP contribution in [0.15, 0.2) is 66.9 Å². The van der Waals surface area contributed by atoms with Crippen LogP contribution in [0.4, 0.5) is 5.69 Å². The first kappa shape index (κ1) is 17.7. The van der Waals surface area contributed by atoms with E-state index in [0.29, 0.717) is 23.4 Å². The number of fused-ring (bicyclic) bond motifs is 1. The van der Waals surface area contributed by atoms with Crippen LogP contribution in [-0.4, -0.2) is 29.9 Å². The van der Waals surface area contributed by atoms with Crippen molar-refractivity contribution in [2.24, 2.45) is 0 Å². The van der Waals surface area contributed by atoms with Crippen molar-refractivity contribution in [3.63, 3.8) is 0 Å². The number of benzene rings is 2. The minimum absolute atomic E-state index is 0.244. The number of rotatable bonds is 4. The molecule has 1 aliphatic heterocycles. The smallest absolute Gasteiger partial charge is 0.254 e. The Morgan fingerprint density at radius 2 is 1.86 bits per heavy atom. The van der Waals surface area contributed by atoms with E-state index in [-0.39, 0.29) is 11.8 Å². The lowest BCUT2D eigenvalue weighted by Crippen LogP contribution is -2.42. The van der Waals surface area contributed by atoms with Crippen LogP contribution in [0.3, 0.4) is 0 Å². The summed E-state index contributed by atoms with van der Waals surface area (Å²) < 4.78 is 5.17. The number of anilines is 1. The molecular weight excluding hydrogens is 354 g/mol. The van der Waals surface area contributed by atoms with Gasteiger partial charge in [0.1, 0.15) is 11.8 Å². The Morgan fingerprint density at radius 3 is 2.57 bits per heavy atom. The number of amides is 2. The van der Waals surface area contributed by atoms with Gasteiger partial charge in [-0.1, -0.05) is 30.3 Å². The fourth-order valence-electron chi connectivity index (χ4n) is 3.19. The molecule has 0 bridgehead atoms. The molecule has 140 valence electrons. The molecule has 6 heteroatoms.